The van der Waals surface area contributed by atoms with Crippen molar-refractivity contribution in [1.29, 1.82) is 0 Å². The molecule has 1 rings (SSSR count). The third-order valence-electron chi connectivity index (χ3n) is 1.72. The second-order valence-corrected chi connectivity index (χ2v) is 4.20. The van der Waals surface area contributed by atoms with Gasteiger partial charge in [0.15, 0.2) is 0 Å². The maximum absolute atomic E-state index is 11.2. The predicted molar refractivity (Wildman–Crippen MR) is 53.4 cm³/mol. The zero-order valence-electron chi connectivity index (χ0n) is 7.62. The molecule has 1 N–H and O–H groups in total. The number of rotatable bonds is 3. The van der Waals surface area contributed by atoms with Crippen LogP contribution in [0.4, 0.5) is 0 Å². The van der Waals surface area contributed by atoms with Crippen molar-refractivity contribution in [2.45, 2.75) is 18.3 Å². The molecule has 5 heteroatoms. The van der Waals surface area contributed by atoms with Gasteiger partial charge in [0.2, 0.25) is 5.91 Å². The molecule has 0 bridgehead atoms. The fraction of sp³-hybridized carbons (Fsp3) is 0.500. The Morgan fingerprint density at radius 3 is 3.00 bits per heavy atom. The number of hydrogen-bond donors (Lipinski definition) is 1. The summed E-state index contributed by atoms with van der Waals surface area (Å²) in [7, 11) is 1.89. The summed E-state index contributed by atoms with van der Waals surface area (Å²) in [6, 6.07) is 0. The number of alkyl halides is 1. The number of carbonyl (C=O) groups excluding carboxylic acids is 1. The molecule has 4 nitrogen and oxygen atoms in total. The Morgan fingerprint density at radius 1 is 1.85 bits per heavy atom. The molecule has 0 aliphatic heterocycles. The molecular formula is C8H12BrN3O. The van der Waals surface area contributed by atoms with Gasteiger partial charge < -0.3 is 9.88 Å². The first-order chi connectivity index (χ1) is 6.11. The van der Waals surface area contributed by atoms with E-state index in [1.807, 2.05) is 11.6 Å². The average Bonchev–Trinajstić information content (AvgIpc) is 2.47. The fourth-order valence-electron chi connectivity index (χ4n) is 0.873. The van der Waals surface area contributed by atoms with Gasteiger partial charge in [-0.15, -0.1) is 0 Å². The maximum Gasteiger partial charge on any atom is 0.233 e. The fourth-order valence-corrected chi connectivity index (χ4v) is 1.04. The first-order valence-electron chi connectivity index (χ1n) is 3.98. The molecule has 0 radical (unpaired) electrons. The monoisotopic (exact) mass is 245 g/mol. The summed E-state index contributed by atoms with van der Waals surface area (Å²) >= 11 is 3.19. The largest absolute Gasteiger partial charge is 0.350 e. The van der Waals surface area contributed by atoms with Crippen molar-refractivity contribution in [3.8, 4) is 0 Å². The van der Waals surface area contributed by atoms with Gasteiger partial charge in [-0.25, -0.2) is 4.98 Å². The van der Waals surface area contributed by atoms with Crippen LogP contribution in [-0.4, -0.2) is 20.3 Å². The van der Waals surface area contributed by atoms with Crippen LogP contribution in [0.3, 0.4) is 0 Å². The minimum absolute atomic E-state index is 0.0128. The molecule has 1 aromatic rings. The third-order valence-corrected chi connectivity index (χ3v) is 2.14. The summed E-state index contributed by atoms with van der Waals surface area (Å²) in [6.07, 6.45) is 3.44. The summed E-state index contributed by atoms with van der Waals surface area (Å²) in [5.74, 6) is -0.0128. The number of amides is 1. The molecule has 1 amide bonds. The van der Waals surface area contributed by atoms with Gasteiger partial charge in [-0.2, -0.15) is 0 Å². The molecule has 1 aromatic heterocycles. The lowest BCUT2D eigenvalue weighted by atomic mass is 10.4. The quantitative estimate of drug-likeness (QED) is 0.802. The molecule has 1 atom stereocenters. The summed E-state index contributed by atoms with van der Waals surface area (Å²) < 4.78 is 1.87. The summed E-state index contributed by atoms with van der Waals surface area (Å²) in [5, 5.41) is 2.78. The molecule has 1 heterocycles. The van der Waals surface area contributed by atoms with E-state index < -0.39 is 0 Å². The van der Waals surface area contributed by atoms with Crippen molar-refractivity contribution in [3.63, 3.8) is 0 Å². The van der Waals surface area contributed by atoms with E-state index in [9.17, 15) is 4.79 Å². The van der Waals surface area contributed by atoms with E-state index in [4.69, 9.17) is 0 Å². The predicted octanol–water partition coefficient (Wildman–Crippen LogP) is 0.820. The van der Waals surface area contributed by atoms with Crippen molar-refractivity contribution >= 4 is 21.8 Å². The molecule has 0 aliphatic carbocycles. The molecule has 0 fully saturated rings. The van der Waals surface area contributed by atoms with Gasteiger partial charge in [0.25, 0.3) is 0 Å². The number of carbonyl (C=O) groups is 1. The minimum atomic E-state index is -0.152. The molecular weight excluding hydrogens is 234 g/mol. The van der Waals surface area contributed by atoms with Crippen LogP contribution in [0.5, 0.6) is 0 Å². The first-order valence-corrected chi connectivity index (χ1v) is 4.90. The van der Waals surface area contributed by atoms with E-state index in [0.717, 1.165) is 5.69 Å². The highest BCUT2D eigenvalue weighted by molar-refractivity contribution is 9.10. The molecule has 0 saturated carbocycles. The number of aryl methyl sites for hydroxylation is 1. The standard InChI is InChI=1S/C8H12BrN3O/c1-6(9)8(13)11-4-7-3-10-5-12(7)2/h3,5-6H,4H2,1-2H3,(H,11,13). The van der Waals surface area contributed by atoms with E-state index in [2.05, 4.69) is 26.2 Å². The second kappa shape index (κ2) is 4.41. The number of imidazole rings is 1. The number of nitrogens with one attached hydrogen (secondary N) is 1. The lowest BCUT2D eigenvalue weighted by molar-refractivity contribution is -0.120. The molecule has 1 unspecified atom stereocenters. The van der Waals surface area contributed by atoms with E-state index in [0.29, 0.717) is 6.54 Å². The SMILES string of the molecule is CC(Br)C(=O)NCc1cncn1C. The van der Waals surface area contributed by atoms with E-state index >= 15 is 0 Å². The van der Waals surface area contributed by atoms with Gasteiger partial charge in [-0.05, 0) is 6.92 Å². The number of halogens is 1. The Labute approximate surface area is 85.5 Å². The first kappa shape index (κ1) is 10.2. The lowest BCUT2D eigenvalue weighted by Crippen LogP contribution is -2.29. The summed E-state index contributed by atoms with van der Waals surface area (Å²) in [4.78, 5) is 15.0. The molecule has 0 aliphatic rings. The third kappa shape index (κ3) is 2.84. The van der Waals surface area contributed by atoms with Crippen LogP contribution in [0.15, 0.2) is 12.5 Å². The van der Waals surface area contributed by atoms with Gasteiger partial charge >= 0.3 is 0 Å². The van der Waals surface area contributed by atoms with Crippen LogP contribution in [0.1, 0.15) is 12.6 Å². The zero-order chi connectivity index (χ0) is 9.84. The smallest absolute Gasteiger partial charge is 0.233 e. The van der Waals surface area contributed by atoms with Gasteiger partial charge in [0.05, 0.1) is 23.4 Å². The van der Waals surface area contributed by atoms with Crippen LogP contribution in [-0.2, 0) is 18.4 Å². The van der Waals surface area contributed by atoms with Crippen LogP contribution in [0.25, 0.3) is 0 Å². The van der Waals surface area contributed by atoms with E-state index in [1.165, 1.54) is 0 Å². The van der Waals surface area contributed by atoms with Gasteiger partial charge in [0, 0.05) is 13.2 Å². The Bertz CT molecular complexity index is 295. The number of aromatic nitrogens is 2. The van der Waals surface area contributed by atoms with Gasteiger partial charge in [0.1, 0.15) is 0 Å². The zero-order valence-corrected chi connectivity index (χ0v) is 9.21. The normalized spacial score (nSPS) is 12.5. The number of nitrogens with zero attached hydrogens (tertiary/aromatic N) is 2. The van der Waals surface area contributed by atoms with Crippen LogP contribution >= 0.6 is 15.9 Å². The Balaban J connectivity index is 2.44. The summed E-state index contributed by atoms with van der Waals surface area (Å²) in [5.41, 5.74) is 0.988. The second-order valence-electron chi connectivity index (χ2n) is 2.83. The van der Waals surface area contributed by atoms with Crippen molar-refractivity contribution in [1.82, 2.24) is 14.9 Å². The molecule has 0 saturated heterocycles. The van der Waals surface area contributed by atoms with Crippen molar-refractivity contribution < 1.29 is 4.79 Å². The maximum atomic E-state index is 11.2. The molecule has 13 heavy (non-hydrogen) atoms. The van der Waals surface area contributed by atoms with E-state index in [-0.39, 0.29) is 10.7 Å². The van der Waals surface area contributed by atoms with Crippen molar-refractivity contribution in [2.75, 3.05) is 0 Å². The van der Waals surface area contributed by atoms with Gasteiger partial charge in [-0.3, -0.25) is 4.79 Å². The van der Waals surface area contributed by atoms with Crippen molar-refractivity contribution in [3.05, 3.63) is 18.2 Å². The number of hydrogen-bond acceptors (Lipinski definition) is 2. The van der Waals surface area contributed by atoms with Gasteiger partial charge in [-0.1, -0.05) is 15.9 Å². The van der Waals surface area contributed by atoms with Crippen LogP contribution in [0, 0.1) is 0 Å². The molecule has 72 valence electrons. The Morgan fingerprint density at radius 2 is 2.54 bits per heavy atom. The highest BCUT2D eigenvalue weighted by atomic mass is 79.9. The highest BCUT2D eigenvalue weighted by Crippen LogP contribution is 1.99. The lowest BCUT2D eigenvalue weighted by Gasteiger charge is -2.06. The summed E-state index contributed by atoms with van der Waals surface area (Å²) in [6.45, 7) is 2.31. The topological polar surface area (TPSA) is 46.9 Å². The molecule has 0 aromatic carbocycles. The average molecular weight is 246 g/mol. The van der Waals surface area contributed by atoms with E-state index in [1.54, 1.807) is 19.4 Å². The minimum Gasteiger partial charge on any atom is -0.350 e. The Kier molecular flexibility index (Phi) is 3.48. The Hall–Kier alpha value is -0.840. The van der Waals surface area contributed by atoms with Crippen LogP contribution in [0.2, 0.25) is 0 Å². The highest BCUT2D eigenvalue weighted by Gasteiger charge is 2.08. The van der Waals surface area contributed by atoms with Crippen molar-refractivity contribution in [2.24, 2.45) is 7.05 Å². The van der Waals surface area contributed by atoms with Crippen LogP contribution < -0.4 is 5.32 Å². The molecule has 0 spiro atoms.